The molecule has 3 aromatic rings. The van der Waals surface area contributed by atoms with Gasteiger partial charge < -0.3 is 4.98 Å². The van der Waals surface area contributed by atoms with E-state index in [4.69, 9.17) is 29.1 Å². The minimum Gasteiger partial charge on any atom is -0.330 e. The van der Waals surface area contributed by atoms with Crippen LogP contribution >= 0.6 is 23.8 Å². The molecule has 3 nitrogen and oxygen atoms in total. The van der Waals surface area contributed by atoms with Crippen LogP contribution in [-0.2, 0) is 0 Å². The standard InChI is InChI=1S/C14H7ClFN3S/c15-10-5-12-13(6-11(10)16)19(14(20)18-12)9-3-1-2-8(4-9)7-17/h1-6H,(H,18,20). The van der Waals surface area contributed by atoms with Crippen molar-refractivity contribution in [2.45, 2.75) is 0 Å². The first-order chi connectivity index (χ1) is 9.60. The normalized spacial score (nSPS) is 10.7. The summed E-state index contributed by atoms with van der Waals surface area (Å²) in [4.78, 5) is 2.97. The number of benzene rings is 2. The second-order valence-corrected chi connectivity index (χ2v) is 5.01. The largest absolute Gasteiger partial charge is 0.330 e. The third kappa shape index (κ3) is 1.99. The predicted molar refractivity (Wildman–Crippen MR) is 78.1 cm³/mol. The van der Waals surface area contributed by atoms with E-state index in [-0.39, 0.29) is 5.02 Å². The van der Waals surface area contributed by atoms with Gasteiger partial charge >= 0.3 is 0 Å². The summed E-state index contributed by atoms with van der Waals surface area (Å²) in [5.41, 5.74) is 2.42. The predicted octanol–water partition coefficient (Wildman–Crippen LogP) is 4.35. The van der Waals surface area contributed by atoms with Crippen molar-refractivity contribution in [3.05, 3.63) is 57.6 Å². The molecular weight excluding hydrogens is 297 g/mol. The second kappa shape index (κ2) is 4.75. The number of nitrogens with one attached hydrogen (secondary N) is 1. The van der Waals surface area contributed by atoms with Crippen molar-refractivity contribution in [1.29, 1.82) is 5.26 Å². The molecule has 0 amide bonds. The van der Waals surface area contributed by atoms with Crippen LogP contribution in [0.3, 0.4) is 0 Å². The average Bonchev–Trinajstić information content (AvgIpc) is 2.74. The van der Waals surface area contributed by atoms with Gasteiger partial charge in [-0.2, -0.15) is 5.26 Å². The number of halogens is 2. The van der Waals surface area contributed by atoms with Crippen molar-refractivity contribution in [2.75, 3.05) is 0 Å². The molecule has 6 heteroatoms. The Labute approximate surface area is 123 Å². The van der Waals surface area contributed by atoms with Crippen molar-refractivity contribution >= 4 is 34.9 Å². The molecular formula is C14H7ClFN3S. The van der Waals surface area contributed by atoms with Gasteiger partial charge in [-0.1, -0.05) is 17.7 Å². The molecule has 0 radical (unpaired) electrons. The van der Waals surface area contributed by atoms with Gasteiger partial charge in [-0.05, 0) is 36.5 Å². The van der Waals surface area contributed by atoms with Crippen LogP contribution in [0.5, 0.6) is 0 Å². The van der Waals surface area contributed by atoms with Crippen molar-refractivity contribution in [1.82, 2.24) is 9.55 Å². The highest BCUT2D eigenvalue weighted by molar-refractivity contribution is 7.71. The zero-order chi connectivity index (χ0) is 14.3. The summed E-state index contributed by atoms with van der Waals surface area (Å²) < 4.78 is 15.7. The quantitative estimate of drug-likeness (QED) is 0.679. The SMILES string of the molecule is N#Cc1cccc(-n2c(=S)[nH]c3cc(Cl)c(F)cc32)c1. The van der Waals surface area contributed by atoms with Gasteiger partial charge in [-0.15, -0.1) is 0 Å². The van der Waals surface area contributed by atoms with Crippen LogP contribution in [0.2, 0.25) is 5.02 Å². The molecule has 2 aromatic carbocycles. The molecule has 3 rings (SSSR count). The van der Waals surface area contributed by atoms with E-state index in [1.54, 1.807) is 28.8 Å². The molecule has 0 atom stereocenters. The van der Waals surface area contributed by atoms with Crippen molar-refractivity contribution in [3.63, 3.8) is 0 Å². The maximum absolute atomic E-state index is 13.7. The molecule has 0 bridgehead atoms. The lowest BCUT2D eigenvalue weighted by molar-refractivity contribution is 0.629. The van der Waals surface area contributed by atoms with Crippen LogP contribution in [0.4, 0.5) is 4.39 Å². The van der Waals surface area contributed by atoms with Crippen LogP contribution in [-0.4, -0.2) is 9.55 Å². The summed E-state index contributed by atoms with van der Waals surface area (Å²) in [5, 5.41) is 8.99. The zero-order valence-electron chi connectivity index (χ0n) is 10.0. The van der Waals surface area contributed by atoms with Crippen LogP contribution in [0, 0.1) is 21.9 Å². The summed E-state index contributed by atoms with van der Waals surface area (Å²) in [5.74, 6) is -0.515. The topological polar surface area (TPSA) is 44.5 Å². The number of aromatic amines is 1. The molecule has 0 saturated carbocycles. The molecule has 1 heterocycles. The Bertz CT molecular complexity index is 920. The third-order valence-corrected chi connectivity index (χ3v) is 3.53. The number of imidazole rings is 1. The fraction of sp³-hybridized carbons (Fsp3) is 0. The maximum atomic E-state index is 13.7. The van der Waals surface area contributed by atoms with Crippen LogP contribution in [0.15, 0.2) is 36.4 Å². The minimum absolute atomic E-state index is 0.0340. The Morgan fingerprint density at radius 2 is 2.10 bits per heavy atom. The van der Waals surface area contributed by atoms with E-state index in [2.05, 4.69) is 11.1 Å². The molecule has 0 fully saturated rings. The van der Waals surface area contributed by atoms with E-state index in [1.165, 1.54) is 12.1 Å². The molecule has 0 unspecified atom stereocenters. The Balaban J connectivity index is 2.36. The van der Waals surface area contributed by atoms with Gasteiger partial charge in [0.1, 0.15) is 5.82 Å². The molecule has 0 aliphatic heterocycles. The summed E-state index contributed by atoms with van der Waals surface area (Å²) in [6, 6.07) is 11.8. The van der Waals surface area contributed by atoms with Gasteiger partial charge in [0.05, 0.1) is 27.7 Å². The smallest absolute Gasteiger partial charge is 0.182 e. The lowest BCUT2D eigenvalue weighted by Gasteiger charge is -2.05. The average molecular weight is 304 g/mol. The van der Waals surface area contributed by atoms with E-state index in [1.807, 2.05) is 0 Å². The second-order valence-electron chi connectivity index (χ2n) is 4.21. The molecule has 0 saturated heterocycles. The van der Waals surface area contributed by atoms with Gasteiger partial charge in [0.2, 0.25) is 0 Å². The molecule has 1 N–H and O–H groups in total. The lowest BCUT2D eigenvalue weighted by atomic mass is 10.2. The zero-order valence-corrected chi connectivity index (χ0v) is 11.6. The van der Waals surface area contributed by atoms with E-state index in [9.17, 15) is 4.39 Å². The minimum atomic E-state index is -0.515. The number of hydrogen-bond acceptors (Lipinski definition) is 2. The Kier molecular flexibility index (Phi) is 3.05. The Morgan fingerprint density at radius 1 is 1.30 bits per heavy atom. The van der Waals surface area contributed by atoms with Crippen molar-refractivity contribution in [3.8, 4) is 11.8 Å². The highest BCUT2D eigenvalue weighted by Crippen LogP contribution is 2.25. The van der Waals surface area contributed by atoms with E-state index >= 15 is 0 Å². The highest BCUT2D eigenvalue weighted by atomic mass is 35.5. The lowest BCUT2D eigenvalue weighted by Crippen LogP contribution is -1.95. The van der Waals surface area contributed by atoms with Crippen LogP contribution < -0.4 is 0 Å². The van der Waals surface area contributed by atoms with Crippen LogP contribution in [0.25, 0.3) is 16.7 Å². The Morgan fingerprint density at radius 3 is 2.85 bits per heavy atom. The summed E-state index contributed by atoms with van der Waals surface area (Å²) in [7, 11) is 0. The number of rotatable bonds is 1. The first-order valence-corrected chi connectivity index (χ1v) is 6.49. The van der Waals surface area contributed by atoms with Crippen molar-refractivity contribution < 1.29 is 4.39 Å². The van der Waals surface area contributed by atoms with Gasteiger partial charge in [0, 0.05) is 11.8 Å². The molecule has 98 valence electrons. The first-order valence-electron chi connectivity index (χ1n) is 5.70. The molecule has 0 aliphatic carbocycles. The molecule has 0 spiro atoms. The van der Waals surface area contributed by atoms with Gasteiger partial charge in [-0.3, -0.25) is 4.57 Å². The number of H-pyrrole nitrogens is 1. The molecule has 1 aromatic heterocycles. The van der Waals surface area contributed by atoms with Crippen LogP contribution in [0.1, 0.15) is 5.56 Å². The van der Waals surface area contributed by atoms with Gasteiger partial charge in [-0.25, -0.2) is 4.39 Å². The highest BCUT2D eigenvalue weighted by Gasteiger charge is 2.10. The number of nitriles is 1. The van der Waals surface area contributed by atoms with E-state index in [0.29, 0.717) is 27.1 Å². The third-order valence-electron chi connectivity index (χ3n) is 2.96. The Hall–Kier alpha value is -2.16. The fourth-order valence-corrected chi connectivity index (χ4v) is 2.55. The number of nitrogens with zero attached hydrogens (tertiary/aromatic N) is 2. The van der Waals surface area contributed by atoms with Gasteiger partial charge in [0.15, 0.2) is 4.77 Å². The van der Waals surface area contributed by atoms with Crippen molar-refractivity contribution in [2.24, 2.45) is 0 Å². The van der Waals surface area contributed by atoms with E-state index < -0.39 is 5.82 Å². The number of hydrogen-bond donors (Lipinski definition) is 1. The molecule has 0 aliphatic rings. The fourth-order valence-electron chi connectivity index (χ4n) is 2.07. The van der Waals surface area contributed by atoms with E-state index in [0.717, 1.165) is 0 Å². The monoisotopic (exact) mass is 303 g/mol. The number of aromatic nitrogens is 2. The summed E-state index contributed by atoms with van der Waals surface area (Å²) in [6.07, 6.45) is 0. The summed E-state index contributed by atoms with van der Waals surface area (Å²) >= 11 is 11.0. The number of fused-ring (bicyclic) bond motifs is 1. The first kappa shape index (κ1) is 12.9. The maximum Gasteiger partial charge on any atom is 0.182 e. The summed E-state index contributed by atoms with van der Waals surface area (Å²) in [6.45, 7) is 0. The van der Waals surface area contributed by atoms with Gasteiger partial charge in [0.25, 0.3) is 0 Å². The molecule has 20 heavy (non-hydrogen) atoms.